The van der Waals surface area contributed by atoms with E-state index < -0.39 is 0 Å². The second-order valence-corrected chi connectivity index (χ2v) is 9.49. The van der Waals surface area contributed by atoms with Crippen LogP contribution in [-0.2, 0) is 5.54 Å². The summed E-state index contributed by atoms with van der Waals surface area (Å²) in [4.78, 5) is 16.3. The summed E-state index contributed by atoms with van der Waals surface area (Å²) in [5.41, 5.74) is 6.82. The fraction of sp³-hybridized carbons (Fsp3) is 0.333. The van der Waals surface area contributed by atoms with Crippen LogP contribution >= 0.6 is 0 Å². The van der Waals surface area contributed by atoms with E-state index in [0.29, 0.717) is 6.04 Å². The number of H-pyrrole nitrogens is 2. The molecule has 2 fully saturated rings. The number of rotatable bonds is 5. The Kier molecular flexibility index (Phi) is 5.12. The smallest absolute Gasteiger partial charge is 0.126 e. The van der Waals surface area contributed by atoms with Crippen molar-refractivity contribution in [3.05, 3.63) is 72.6 Å². The average molecular weight is 439 g/mol. The first-order valence-corrected chi connectivity index (χ1v) is 12.0. The van der Waals surface area contributed by atoms with Crippen molar-refractivity contribution >= 4 is 0 Å². The van der Waals surface area contributed by atoms with Gasteiger partial charge in [-0.15, -0.1) is 0 Å². The van der Waals surface area contributed by atoms with E-state index in [1.54, 1.807) is 0 Å². The first-order valence-electron chi connectivity index (χ1n) is 12.0. The predicted molar refractivity (Wildman–Crippen MR) is 132 cm³/mol. The highest BCUT2D eigenvalue weighted by Gasteiger charge is 2.32. The second kappa shape index (κ2) is 8.28. The van der Waals surface area contributed by atoms with Crippen LogP contribution in [-0.4, -0.2) is 33.0 Å². The summed E-state index contributed by atoms with van der Waals surface area (Å²) in [6, 6.07) is 17.7. The highest BCUT2D eigenvalue weighted by molar-refractivity contribution is 5.71. The first kappa shape index (κ1) is 20.4. The van der Waals surface area contributed by atoms with Crippen molar-refractivity contribution < 1.29 is 0 Å². The summed E-state index contributed by atoms with van der Waals surface area (Å²) in [7, 11) is 0. The molecule has 0 aliphatic carbocycles. The van der Waals surface area contributed by atoms with Crippen LogP contribution < -0.4 is 10.6 Å². The number of nitrogens with one attached hydrogen (secondary N) is 4. The third-order valence-corrected chi connectivity index (χ3v) is 7.18. The summed E-state index contributed by atoms with van der Waals surface area (Å²) in [5.74, 6) is 2.07. The standard InChI is InChI=1S/C27H30N6/c1-27(13-3-15-31-27)26-30-17-24(33-26)21-11-7-19(8-12-21)18-5-9-20(10-6-18)23-16-29-25(32-23)22-4-2-14-28-22/h5-12,16-17,22,28,31H,2-4,13-15H2,1H3,(H,29,32)(H,30,33)/t22-,27-/m0/s1. The first-order chi connectivity index (χ1) is 16.2. The van der Waals surface area contributed by atoms with Crippen LogP contribution in [0.15, 0.2) is 60.9 Å². The minimum Gasteiger partial charge on any atom is -0.341 e. The van der Waals surface area contributed by atoms with Crippen LogP contribution in [0.25, 0.3) is 33.6 Å². The maximum absolute atomic E-state index is 4.66. The van der Waals surface area contributed by atoms with Crippen LogP contribution in [0, 0.1) is 0 Å². The number of benzene rings is 2. The molecule has 0 bridgehead atoms. The molecule has 0 amide bonds. The number of aromatic nitrogens is 4. The molecular weight excluding hydrogens is 408 g/mol. The number of aromatic amines is 2. The van der Waals surface area contributed by atoms with E-state index >= 15 is 0 Å². The van der Waals surface area contributed by atoms with Gasteiger partial charge in [0.2, 0.25) is 0 Å². The average Bonchev–Trinajstić information content (AvgIpc) is 3.66. The highest BCUT2D eigenvalue weighted by Crippen LogP contribution is 2.31. The maximum atomic E-state index is 4.66. The maximum Gasteiger partial charge on any atom is 0.126 e. The number of nitrogens with zero attached hydrogens (tertiary/aromatic N) is 2. The van der Waals surface area contributed by atoms with Gasteiger partial charge in [-0.05, 0) is 68.0 Å². The fourth-order valence-electron chi connectivity index (χ4n) is 5.11. The van der Waals surface area contributed by atoms with Gasteiger partial charge in [-0.2, -0.15) is 0 Å². The summed E-state index contributed by atoms with van der Waals surface area (Å²) in [5, 5.41) is 7.07. The van der Waals surface area contributed by atoms with Gasteiger partial charge < -0.3 is 20.6 Å². The molecule has 2 atom stereocenters. The van der Waals surface area contributed by atoms with Crippen molar-refractivity contribution in [2.45, 2.75) is 44.2 Å². The van der Waals surface area contributed by atoms with Crippen molar-refractivity contribution in [3.8, 4) is 33.6 Å². The van der Waals surface area contributed by atoms with Gasteiger partial charge >= 0.3 is 0 Å². The molecule has 33 heavy (non-hydrogen) atoms. The quantitative estimate of drug-likeness (QED) is 0.347. The summed E-state index contributed by atoms with van der Waals surface area (Å²) in [6.45, 7) is 4.36. The number of hydrogen-bond donors (Lipinski definition) is 4. The van der Waals surface area contributed by atoms with Gasteiger partial charge in [0.25, 0.3) is 0 Å². The summed E-state index contributed by atoms with van der Waals surface area (Å²) >= 11 is 0. The molecule has 2 saturated heterocycles. The largest absolute Gasteiger partial charge is 0.341 e. The van der Waals surface area contributed by atoms with E-state index in [9.17, 15) is 0 Å². The van der Waals surface area contributed by atoms with Gasteiger partial charge in [0, 0.05) is 0 Å². The van der Waals surface area contributed by atoms with E-state index in [0.717, 1.165) is 60.1 Å². The van der Waals surface area contributed by atoms with Gasteiger partial charge in [0.05, 0.1) is 35.4 Å². The molecule has 2 aliphatic rings. The van der Waals surface area contributed by atoms with Gasteiger partial charge in [0.1, 0.15) is 11.6 Å². The van der Waals surface area contributed by atoms with E-state index in [2.05, 4.69) is 86.0 Å². The van der Waals surface area contributed by atoms with Crippen LogP contribution in [0.4, 0.5) is 0 Å². The monoisotopic (exact) mass is 438 g/mol. The van der Waals surface area contributed by atoms with E-state index in [-0.39, 0.29) is 5.54 Å². The normalized spacial score (nSPS) is 22.8. The molecule has 6 nitrogen and oxygen atoms in total. The zero-order chi connectivity index (χ0) is 22.3. The SMILES string of the molecule is C[C@@]1(c2ncc(-c3ccc(-c4ccc(-c5cnc([C@@H]6CCCN6)[nH]5)cc4)cc3)[nH]2)CCCN1. The lowest BCUT2D eigenvalue weighted by Gasteiger charge is -2.21. The van der Waals surface area contributed by atoms with Crippen LogP contribution in [0.3, 0.4) is 0 Å². The van der Waals surface area contributed by atoms with Crippen LogP contribution in [0.2, 0.25) is 0 Å². The van der Waals surface area contributed by atoms with Crippen LogP contribution in [0.5, 0.6) is 0 Å². The Bertz CT molecular complexity index is 1220. The van der Waals surface area contributed by atoms with Crippen molar-refractivity contribution in [2.75, 3.05) is 13.1 Å². The second-order valence-electron chi connectivity index (χ2n) is 9.49. The minimum absolute atomic E-state index is 0.0387. The summed E-state index contributed by atoms with van der Waals surface area (Å²) < 4.78 is 0. The lowest BCUT2D eigenvalue weighted by Crippen LogP contribution is -2.34. The molecule has 4 heterocycles. The summed E-state index contributed by atoms with van der Waals surface area (Å²) in [6.07, 6.45) is 8.57. The lowest BCUT2D eigenvalue weighted by molar-refractivity contribution is 0.411. The van der Waals surface area contributed by atoms with Gasteiger partial charge in [-0.1, -0.05) is 48.5 Å². The fourth-order valence-corrected chi connectivity index (χ4v) is 5.11. The Hall–Kier alpha value is -3.22. The number of imidazole rings is 2. The van der Waals surface area contributed by atoms with Gasteiger partial charge in [0.15, 0.2) is 0 Å². The third kappa shape index (κ3) is 3.90. The minimum atomic E-state index is -0.0387. The molecule has 0 unspecified atom stereocenters. The Morgan fingerprint density at radius 2 is 1.39 bits per heavy atom. The molecule has 0 spiro atoms. The highest BCUT2D eigenvalue weighted by atomic mass is 15.1. The Labute approximate surface area is 194 Å². The van der Waals surface area contributed by atoms with Crippen molar-refractivity contribution in [2.24, 2.45) is 0 Å². The molecule has 168 valence electrons. The van der Waals surface area contributed by atoms with Gasteiger partial charge in [-0.25, -0.2) is 9.97 Å². The Balaban J connectivity index is 1.18. The molecule has 0 saturated carbocycles. The molecule has 0 radical (unpaired) electrons. The van der Waals surface area contributed by atoms with E-state index in [4.69, 9.17) is 0 Å². The number of hydrogen-bond acceptors (Lipinski definition) is 4. The molecule has 2 aromatic carbocycles. The molecule has 2 aliphatic heterocycles. The van der Waals surface area contributed by atoms with E-state index in [1.165, 1.54) is 24.0 Å². The Morgan fingerprint density at radius 1 is 0.758 bits per heavy atom. The molecule has 4 N–H and O–H groups in total. The zero-order valence-electron chi connectivity index (χ0n) is 19.0. The topological polar surface area (TPSA) is 81.4 Å². The predicted octanol–water partition coefficient (Wildman–Crippen LogP) is 5.16. The molecule has 2 aromatic heterocycles. The zero-order valence-corrected chi connectivity index (χ0v) is 19.0. The Morgan fingerprint density at radius 3 is 2.00 bits per heavy atom. The van der Waals surface area contributed by atoms with Crippen molar-refractivity contribution in [1.82, 2.24) is 30.6 Å². The molecular formula is C27H30N6. The molecule has 4 aromatic rings. The van der Waals surface area contributed by atoms with Crippen LogP contribution in [0.1, 0.15) is 50.3 Å². The molecule has 6 heteroatoms. The van der Waals surface area contributed by atoms with Crippen molar-refractivity contribution in [3.63, 3.8) is 0 Å². The molecule has 6 rings (SSSR count). The van der Waals surface area contributed by atoms with Crippen molar-refractivity contribution in [1.29, 1.82) is 0 Å². The van der Waals surface area contributed by atoms with E-state index in [1.807, 2.05) is 12.4 Å². The third-order valence-electron chi connectivity index (χ3n) is 7.18. The lowest BCUT2D eigenvalue weighted by atomic mass is 10.00. The van der Waals surface area contributed by atoms with Gasteiger partial charge in [-0.3, -0.25) is 0 Å².